The Morgan fingerprint density at radius 2 is 1.47 bits per heavy atom. The van der Waals surface area contributed by atoms with E-state index in [1.165, 1.54) is 44.2 Å². The van der Waals surface area contributed by atoms with Gasteiger partial charge >= 0.3 is 0 Å². The molecule has 0 saturated carbocycles. The fourth-order valence-corrected chi connectivity index (χ4v) is 5.20. The summed E-state index contributed by atoms with van der Waals surface area (Å²) in [5, 5.41) is 0. The minimum Gasteiger partial charge on any atom is -0.490 e. The van der Waals surface area contributed by atoms with E-state index in [1.54, 1.807) is 36.4 Å². The van der Waals surface area contributed by atoms with E-state index in [4.69, 9.17) is 9.47 Å². The average Bonchev–Trinajstić information content (AvgIpc) is 2.94. The number of hydrogen-bond donors (Lipinski definition) is 0. The number of halogens is 3. The molecular formula is C33H39F3O2. The van der Waals surface area contributed by atoms with E-state index in [-0.39, 0.29) is 23.0 Å². The van der Waals surface area contributed by atoms with Gasteiger partial charge in [-0.1, -0.05) is 82.3 Å². The van der Waals surface area contributed by atoms with E-state index in [9.17, 15) is 8.78 Å². The smallest absolute Gasteiger partial charge is 0.201 e. The molecule has 3 aromatic rings. The third kappa shape index (κ3) is 6.99. The van der Waals surface area contributed by atoms with Gasteiger partial charge in [0.25, 0.3) is 0 Å². The SMILES string of the molecule is CCCCCCCC1CCC(c2ccc(-c3ccc(-c4ccc(OCCC)c(F)c4F)cc3)c(F)c2)CO1. The van der Waals surface area contributed by atoms with Crippen LogP contribution in [0.5, 0.6) is 5.75 Å². The summed E-state index contributed by atoms with van der Waals surface area (Å²) in [6, 6.07) is 15.2. The van der Waals surface area contributed by atoms with Gasteiger partial charge in [-0.05, 0) is 60.6 Å². The van der Waals surface area contributed by atoms with Crippen LogP contribution in [-0.2, 0) is 4.74 Å². The third-order valence-electron chi connectivity index (χ3n) is 7.48. The van der Waals surface area contributed by atoms with Crippen molar-refractivity contribution in [1.29, 1.82) is 0 Å². The summed E-state index contributed by atoms with van der Waals surface area (Å²) in [6.45, 7) is 5.09. The van der Waals surface area contributed by atoms with Crippen molar-refractivity contribution < 1.29 is 22.6 Å². The van der Waals surface area contributed by atoms with Crippen molar-refractivity contribution in [1.82, 2.24) is 0 Å². The number of unbranched alkanes of at least 4 members (excludes halogenated alkanes) is 4. The van der Waals surface area contributed by atoms with Crippen molar-refractivity contribution >= 4 is 0 Å². The van der Waals surface area contributed by atoms with Gasteiger partial charge in [-0.3, -0.25) is 0 Å². The van der Waals surface area contributed by atoms with Crippen LogP contribution >= 0.6 is 0 Å². The summed E-state index contributed by atoms with van der Waals surface area (Å²) in [4.78, 5) is 0. The lowest BCUT2D eigenvalue weighted by molar-refractivity contribution is -0.00217. The van der Waals surface area contributed by atoms with Gasteiger partial charge in [0.2, 0.25) is 5.82 Å². The summed E-state index contributed by atoms with van der Waals surface area (Å²) in [7, 11) is 0. The van der Waals surface area contributed by atoms with Gasteiger partial charge in [0, 0.05) is 17.0 Å². The normalized spacial score (nSPS) is 17.5. The first kappa shape index (κ1) is 28.2. The van der Waals surface area contributed by atoms with Crippen LogP contribution in [0.15, 0.2) is 54.6 Å². The zero-order chi connectivity index (χ0) is 26.9. The van der Waals surface area contributed by atoms with Gasteiger partial charge in [0.05, 0.1) is 19.3 Å². The zero-order valence-corrected chi connectivity index (χ0v) is 22.6. The molecule has 2 nitrogen and oxygen atoms in total. The molecule has 2 atom stereocenters. The first-order valence-electron chi connectivity index (χ1n) is 14.1. The molecule has 0 amide bonds. The predicted molar refractivity (Wildman–Crippen MR) is 148 cm³/mol. The van der Waals surface area contributed by atoms with Crippen LogP contribution in [0.25, 0.3) is 22.3 Å². The fraction of sp³-hybridized carbons (Fsp3) is 0.455. The topological polar surface area (TPSA) is 18.5 Å². The molecule has 1 saturated heterocycles. The lowest BCUT2D eigenvalue weighted by atomic mass is 9.89. The minimum absolute atomic E-state index is 0.0897. The van der Waals surface area contributed by atoms with E-state index in [1.807, 2.05) is 13.0 Å². The molecule has 1 aliphatic heterocycles. The molecule has 1 fully saturated rings. The molecule has 5 heteroatoms. The fourth-order valence-electron chi connectivity index (χ4n) is 5.20. The second-order valence-electron chi connectivity index (χ2n) is 10.3. The lowest BCUT2D eigenvalue weighted by Crippen LogP contribution is -2.24. The molecule has 4 rings (SSSR count). The Morgan fingerprint density at radius 1 is 0.763 bits per heavy atom. The van der Waals surface area contributed by atoms with Crippen molar-refractivity contribution in [2.24, 2.45) is 0 Å². The highest BCUT2D eigenvalue weighted by Crippen LogP contribution is 2.35. The standard InChI is InChI=1S/C33H39F3O2/c1-3-5-6-7-8-9-27-16-14-26(22-38-27)25-15-17-28(30(34)21-25)23-10-12-24(13-11-23)29-18-19-31(37-20-4-2)33(36)32(29)35/h10-13,15,17-19,21,26-27H,3-9,14,16,20,22H2,1-2H3. The van der Waals surface area contributed by atoms with Crippen molar-refractivity contribution in [2.45, 2.75) is 83.7 Å². The van der Waals surface area contributed by atoms with Crippen LogP contribution in [0, 0.1) is 17.5 Å². The third-order valence-corrected chi connectivity index (χ3v) is 7.48. The van der Waals surface area contributed by atoms with Gasteiger partial charge in [0.15, 0.2) is 11.6 Å². The molecule has 0 bridgehead atoms. The number of rotatable bonds is 12. The predicted octanol–water partition coefficient (Wildman–Crippen LogP) is 9.85. The van der Waals surface area contributed by atoms with Crippen LogP contribution < -0.4 is 4.74 Å². The molecule has 1 heterocycles. The maximum Gasteiger partial charge on any atom is 0.201 e. The summed E-state index contributed by atoms with van der Waals surface area (Å²) in [5.41, 5.74) is 2.79. The summed E-state index contributed by atoms with van der Waals surface area (Å²) in [5.74, 6) is -2.11. The number of benzene rings is 3. The highest BCUT2D eigenvalue weighted by Gasteiger charge is 2.23. The van der Waals surface area contributed by atoms with Crippen molar-refractivity contribution in [2.75, 3.05) is 13.2 Å². The molecule has 2 unspecified atom stereocenters. The maximum atomic E-state index is 15.2. The highest BCUT2D eigenvalue weighted by atomic mass is 19.2. The van der Waals surface area contributed by atoms with E-state index < -0.39 is 11.6 Å². The molecule has 3 aromatic carbocycles. The Balaban J connectivity index is 1.38. The van der Waals surface area contributed by atoms with Crippen LogP contribution in [0.1, 0.15) is 83.1 Å². The first-order valence-corrected chi connectivity index (χ1v) is 14.1. The van der Waals surface area contributed by atoms with Crippen LogP contribution in [-0.4, -0.2) is 19.3 Å². The molecule has 0 N–H and O–H groups in total. The Bertz CT molecular complexity index is 1170. The Labute approximate surface area is 225 Å². The summed E-state index contributed by atoms with van der Waals surface area (Å²) in [6.07, 6.45) is 10.5. The van der Waals surface area contributed by atoms with Gasteiger partial charge in [-0.15, -0.1) is 0 Å². The van der Waals surface area contributed by atoms with E-state index in [0.717, 1.165) is 24.8 Å². The Hall–Kier alpha value is -2.79. The maximum absolute atomic E-state index is 15.2. The van der Waals surface area contributed by atoms with Crippen molar-refractivity contribution in [3.05, 3.63) is 77.6 Å². The molecule has 0 aliphatic carbocycles. The Kier molecular flexibility index (Phi) is 10.3. The van der Waals surface area contributed by atoms with E-state index in [2.05, 4.69) is 6.92 Å². The quantitative estimate of drug-likeness (QED) is 0.220. The second kappa shape index (κ2) is 13.8. The molecule has 1 aliphatic rings. The molecule has 204 valence electrons. The lowest BCUT2D eigenvalue weighted by Gasteiger charge is -2.29. The zero-order valence-electron chi connectivity index (χ0n) is 22.6. The second-order valence-corrected chi connectivity index (χ2v) is 10.3. The van der Waals surface area contributed by atoms with Crippen molar-refractivity contribution in [3.63, 3.8) is 0 Å². The van der Waals surface area contributed by atoms with Crippen LogP contribution in [0.2, 0.25) is 0 Å². The van der Waals surface area contributed by atoms with Gasteiger partial charge in [-0.2, -0.15) is 4.39 Å². The number of ether oxygens (including phenoxy) is 2. The van der Waals surface area contributed by atoms with Gasteiger partial charge in [-0.25, -0.2) is 8.78 Å². The van der Waals surface area contributed by atoms with Crippen molar-refractivity contribution in [3.8, 4) is 28.0 Å². The van der Waals surface area contributed by atoms with Gasteiger partial charge in [0.1, 0.15) is 5.82 Å². The summed E-state index contributed by atoms with van der Waals surface area (Å²) >= 11 is 0. The van der Waals surface area contributed by atoms with Crippen LogP contribution in [0.3, 0.4) is 0 Å². The van der Waals surface area contributed by atoms with Gasteiger partial charge < -0.3 is 9.47 Å². The number of hydrogen-bond acceptors (Lipinski definition) is 2. The summed E-state index contributed by atoms with van der Waals surface area (Å²) < 4.78 is 55.7. The monoisotopic (exact) mass is 524 g/mol. The van der Waals surface area contributed by atoms with Crippen LogP contribution in [0.4, 0.5) is 13.2 Å². The molecule has 0 aromatic heterocycles. The Morgan fingerprint density at radius 3 is 2.13 bits per heavy atom. The highest BCUT2D eigenvalue weighted by molar-refractivity contribution is 5.71. The molecule has 0 spiro atoms. The average molecular weight is 525 g/mol. The molecule has 38 heavy (non-hydrogen) atoms. The first-order chi connectivity index (χ1) is 18.5. The largest absolute Gasteiger partial charge is 0.490 e. The molecule has 0 radical (unpaired) electrons. The van der Waals surface area contributed by atoms with E-state index in [0.29, 0.717) is 42.4 Å². The minimum atomic E-state index is -0.994. The molecular weight excluding hydrogens is 485 g/mol. The van der Waals surface area contributed by atoms with E-state index >= 15 is 4.39 Å².